The molecule has 2 aliphatic rings. The van der Waals surface area contributed by atoms with Gasteiger partial charge in [-0.2, -0.15) is 17.0 Å². The van der Waals surface area contributed by atoms with Gasteiger partial charge in [-0.3, -0.25) is 0 Å². The molecule has 2 amide bonds. The Morgan fingerprint density at radius 3 is 2.67 bits per heavy atom. The summed E-state index contributed by atoms with van der Waals surface area (Å²) < 4.78 is 32.8. The van der Waals surface area contributed by atoms with Gasteiger partial charge in [0.25, 0.3) is 10.2 Å². The summed E-state index contributed by atoms with van der Waals surface area (Å²) >= 11 is 0. The molecule has 9 heteroatoms. The first-order valence-electron chi connectivity index (χ1n) is 8.66. The van der Waals surface area contributed by atoms with Crippen molar-refractivity contribution < 1.29 is 17.9 Å². The molecule has 2 saturated heterocycles. The summed E-state index contributed by atoms with van der Waals surface area (Å²) in [5, 5.41) is 5.72. The summed E-state index contributed by atoms with van der Waals surface area (Å²) in [6, 6.07) is -0.425. The second kappa shape index (κ2) is 8.46. The Kier molecular flexibility index (Phi) is 6.85. The highest BCUT2D eigenvalue weighted by Crippen LogP contribution is 2.18. The first kappa shape index (κ1) is 19.4. The SMILES string of the molecule is CC1CCCC(CNC(=O)N[C@@H]2CCCN(S(=O)(=O)N(C)C)C2)O1. The number of carbonyl (C=O) groups excluding carboxylic acids is 1. The molecule has 140 valence electrons. The maximum atomic E-state index is 12.2. The van der Waals surface area contributed by atoms with E-state index in [0.29, 0.717) is 19.6 Å². The zero-order chi connectivity index (χ0) is 17.7. The predicted molar refractivity (Wildman–Crippen MR) is 91.9 cm³/mol. The Morgan fingerprint density at radius 1 is 1.25 bits per heavy atom. The third-order valence-electron chi connectivity index (χ3n) is 4.56. The molecule has 2 fully saturated rings. The van der Waals surface area contributed by atoms with E-state index in [1.54, 1.807) is 0 Å². The average molecular weight is 362 g/mol. The van der Waals surface area contributed by atoms with E-state index in [-0.39, 0.29) is 24.3 Å². The second-order valence-corrected chi connectivity index (χ2v) is 8.98. The Balaban J connectivity index is 1.77. The normalized spacial score (nSPS) is 29.4. The highest BCUT2D eigenvalue weighted by Gasteiger charge is 2.31. The highest BCUT2D eigenvalue weighted by molar-refractivity contribution is 7.86. The van der Waals surface area contributed by atoms with Crippen molar-refractivity contribution in [3.8, 4) is 0 Å². The van der Waals surface area contributed by atoms with E-state index in [1.807, 2.05) is 6.92 Å². The molecular formula is C15H30N4O4S. The van der Waals surface area contributed by atoms with Crippen molar-refractivity contribution in [1.29, 1.82) is 0 Å². The lowest BCUT2D eigenvalue weighted by atomic mass is 10.1. The maximum Gasteiger partial charge on any atom is 0.315 e. The monoisotopic (exact) mass is 362 g/mol. The van der Waals surface area contributed by atoms with Gasteiger partial charge in [0.2, 0.25) is 0 Å². The van der Waals surface area contributed by atoms with Gasteiger partial charge in [0.1, 0.15) is 0 Å². The van der Waals surface area contributed by atoms with Crippen LogP contribution in [0.15, 0.2) is 0 Å². The Morgan fingerprint density at radius 2 is 2.00 bits per heavy atom. The topological polar surface area (TPSA) is 91.0 Å². The first-order chi connectivity index (χ1) is 11.3. The van der Waals surface area contributed by atoms with Crippen LogP contribution in [0.2, 0.25) is 0 Å². The van der Waals surface area contributed by atoms with E-state index in [1.165, 1.54) is 22.7 Å². The van der Waals surface area contributed by atoms with Crippen molar-refractivity contribution in [2.24, 2.45) is 0 Å². The maximum absolute atomic E-state index is 12.2. The van der Waals surface area contributed by atoms with Crippen LogP contribution in [0.4, 0.5) is 4.79 Å². The van der Waals surface area contributed by atoms with Crippen molar-refractivity contribution in [3.63, 3.8) is 0 Å². The standard InChI is InChI=1S/C15H30N4O4S/c1-12-6-4-8-14(23-12)10-16-15(20)17-13-7-5-9-19(11-13)24(21,22)18(2)3/h12-14H,4-11H2,1-3H3,(H2,16,17,20)/t12?,13-,14?/m1/s1. The number of hydrogen-bond donors (Lipinski definition) is 2. The number of nitrogens with one attached hydrogen (secondary N) is 2. The molecule has 2 N–H and O–H groups in total. The zero-order valence-corrected chi connectivity index (χ0v) is 15.6. The van der Waals surface area contributed by atoms with E-state index < -0.39 is 10.2 Å². The second-order valence-electron chi connectivity index (χ2n) is 6.84. The van der Waals surface area contributed by atoms with E-state index in [4.69, 9.17) is 4.74 Å². The van der Waals surface area contributed by atoms with Crippen LogP contribution in [0.1, 0.15) is 39.0 Å². The summed E-state index contributed by atoms with van der Waals surface area (Å²) in [6.45, 7) is 3.34. The lowest BCUT2D eigenvalue weighted by Gasteiger charge is -2.34. The quantitative estimate of drug-likeness (QED) is 0.746. The molecule has 0 spiro atoms. The molecule has 2 rings (SSSR count). The number of hydrogen-bond acceptors (Lipinski definition) is 4. The Bertz CT molecular complexity index is 526. The van der Waals surface area contributed by atoms with Crippen LogP contribution in [0.25, 0.3) is 0 Å². The van der Waals surface area contributed by atoms with Gasteiger partial charge in [0, 0.05) is 39.8 Å². The van der Waals surface area contributed by atoms with Crippen LogP contribution in [0, 0.1) is 0 Å². The smallest absolute Gasteiger partial charge is 0.315 e. The van der Waals surface area contributed by atoms with Gasteiger partial charge in [-0.05, 0) is 39.0 Å². The van der Waals surface area contributed by atoms with E-state index in [0.717, 1.165) is 32.1 Å². The summed E-state index contributed by atoms with van der Waals surface area (Å²) in [5.74, 6) is 0. The van der Waals surface area contributed by atoms with Gasteiger partial charge >= 0.3 is 6.03 Å². The average Bonchev–Trinajstić information content (AvgIpc) is 2.53. The highest BCUT2D eigenvalue weighted by atomic mass is 32.2. The molecule has 24 heavy (non-hydrogen) atoms. The molecule has 2 heterocycles. The minimum Gasteiger partial charge on any atom is -0.373 e. The molecular weight excluding hydrogens is 332 g/mol. The van der Waals surface area contributed by atoms with Crippen LogP contribution in [0.5, 0.6) is 0 Å². The molecule has 3 atom stereocenters. The fourth-order valence-electron chi connectivity index (χ4n) is 3.19. The molecule has 0 saturated carbocycles. The molecule has 0 aromatic rings. The van der Waals surface area contributed by atoms with Crippen molar-refractivity contribution in [2.75, 3.05) is 33.7 Å². The van der Waals surface area contributed by atoms with E-state index in [9.17, 15) is 13.2 Å². The van der Waals surface area contributed by atoms with Gasteiger partial charge in [-0.15, -0.1) is 0 Å². The number of rotatable bonds is 5. The summed E-state index contributed by atoms with van der Waals surface area (Å²) in [6.07, 6.45) is 4.98. The van der Waals surface area contributed by atoms with Crippen LogP contribution in [0.3, 0.4) is 0 Å². The molecule has 8 nitrogen and oxygen atoms in total. The molecule has 2 aliphatic heterocycles. The lowest BCUT2D eigenvalue weighted by Crippen LogP contribution is -2.54. The number of ether oxygens (including phenoxy) is 1. The van der Waals surface area contributed by atoms with Crippen LogP contribution in [-0.4, -0.2) is 75.0 Å². The van der Waals surface area contributed by atoms with Crippen LogP contribution < -0.4 is 10.6 Å². The molecule has 0 aliphatic carbocycles. The van der Waals surface area contributed by atoms with Crippen molar-refractivity contribution in [2.45, 2.75) is 57.3 Å². The molecule has 0 bridgehead atoms. The summed E-state index contributed by atoms with van der Waals surface area (Å²) in [4.78, 5) is 12.1. The number of piperidine rings is 1. The number of carbonyl (C=O) groups is 1. The van der Waals surface area contributed by atoms with Gasteiger partial charge in [-0.25, -0.2) is 4.79 Å². The van der Waals surface area contributed by atoms with Gasteiger partial charge < -0.3 is 15.4 Å². The van der Waals surface area contributed by atoms with Crippen molar-refractivity contribution >= 4 is 16.2 Å². The fourth-order valence-corrected chi connectivity index (χ4v) is 4.38. The number of nitrogens with zero attached hydrogens (tertiary/aromatic N) is 2. The zero-order valence-electron chi connectivity index (χ0n) is 14.8. The number of amides is 2. The first-order valence-corrected chi connectivity index (χ1v) is 10.1. The van der Waals surface area contributed by atoms with Crippen molar-refractivity contribution in [3.05, 3.63) is 0 Å². The van der Waals surface area contributed by atoms with E-state index >= 15 is 0 Å². The van der Waals surface area contributed by atoms with Gasteiger partial charge in [-0.1, -0.05) is 0 Å². The summed E-state index contributed by atoms with van der Waals surface area (Å²) in [7, 11) is -0.393. The number of urea groups is 1. The predicted octanol–water partition coefficient (Wildman–Crippen LogP) is 0.514. The van der Waals surface area contributed by atoms with Crippen molar-refractivity contribution in [1.82, 2.24) is 19.2 Å². The Labute approximate surface area is 145 Å². The summed E-state index contributed by atoms with van der Waals surface area (Å²) in [5.41, 5.74) is 0. The van der Waals surface area contributed by atoms with Gasteiger partial charge in [0.05, 0.1) is 12.2 Å². The molecule has 0 aromatic heterocycles. The van der Waals surface area contributed by atoms with Crippen LogP contribution >= 0.6 is 0 Å². The third kappa shape index (κ3) is 5.30. The fraction of sp³-hybridized carbons (Fsp3) is 0.933. The minimum absolute atomic E-state index is 0.0662. The Hall–Kier alpha value is -0.900. The van der Waals surface area contributed by atoms with Gasteiger partial charge in [0.15, 0.2) is 0 Å². The molecule has 0 radical (unpaired) electrons. The molecule has 2 unspecified atom stereocenters. The largest absolute Gasteiger partial charge is 0.373 e. The minimum atomic E-state index is -3.43. The lowest BCUT2D eigenvalue weighted by molar-refractivity contribution is -0.0369. The molecule has 0 aromatic carbocycles. The van der Waals surface area contributed by atoms with E-state index in [2.05, 4.69) is 10.6 Å². The van der Waals surface area contributed by atoms with Crippen LogP contribution in [-0.2, 0) is 14.9 Å². The third-order valence-corrected chi connectivity index (χ3v) is 6.47.